The molecular formula is C97H139N27O23S3. The highest BCUT2D eigenvalue weighted by Gasteiger charge is 2.45. The van der Waals surface area contributed by atoms with Crippen molar-refractivity contribution in [2.75, 3.05) is 161 Å². The summed E-state index contributed by atoms with van der Waals surface area (Å²) >= 11 is 2.77. The highest BCUT2D eigenvalue weighted by atomic mass is 32.2. The maximum atomic E-state index is 15.7. The van der Waals surface area contributed by atoms with Crippen LogP contribution >= 0.6 is 35.3 Å². The Morgan fingerprint density at radius 1 is 0.500 bits per heavy atom. The van der Waals surface area contributed by atoms with Gasteiger partial charge in [0.15, 0.2) is 11.6 Å². The number of amides is 16. The number of hydrogen-bond donors (Lipinski definition) is 19. The monoisotopic (exact) mass is 2150 g/mol. The van der Waals surface area contributed by atoms with Gasteiger partial charge in [0.1, 0.15) is 66.5 Å². The number of ketones is 2. The third-order valence-electron chi connectivity index (χ3n) is 27.4. The number of likely N-dealkylation sites (N-methyl/N-ethyl adjacent to an activating group) is 1. The van der Waals surface area contributed by atoms with Crippen molar-refractivity contribution >= 4 is 193 Å². The van der Waals surface area contributed by atoms with E-state index in [0.717, 1.165) is 42.2 Å². The number of nitrogens with one attached hydrogen (secondary N) is 14. The topological polar surface area (TPSA) is 695 Å². The Hall–Kier alpha value is -13.4. The number of para-hydroxylation sites is 2. The number of carboxylic acids is 2. The number of carbonyl (C=O) groups excluding carboxylic acids is 18. The molecule has 5 aromatic rings. The number of hydrogen-bond acceptors (Lipinski definition) is 33. The number of H-pyrrole nitrogens is 2. The standard InChI is InChI=1S/C97H139N27O23S3/c1-52(2)78-90(145)106-65(41-77(134)135)83(138)102-44-72(128)103-63(39-56-42-100-60-19-14-12-17-58(56)60)85(140)111-79(53(3)4)92(147)124-26-16-21-69(124)89(144)107-66(81(99)136)46-148-49-73(129)118-27-33-121(34-28-118)93-113-94-115-95(114-93)123-37-31-120(32-38-123)75(131)51-150-48-68(108-82(137)54(5)116-96(7,8)71(127)45-117(11)97(9,10)70(126)24-25-98)88(143)112-80(55(6)125)91(146)104-62(22-23-76(132)133)84(139)109-67(47-149-50-74(130)119-29-35-122(94)36-30-119)87(142)105-64(86(141)110-78)40-57-43-101-61-20-15-13-18-59(57)61/h12-15,17-20,42-43,52-55,62-69,78-80,100-101,116,125H,16,21-41,44-51,98H2,1-11H3,(H2,99,136)(H,102,138)(H,103,128)(H,104,146)(H,105,142)(H,106,145)(H,107,144)(H,108,137)(H,109,139)(H,110,141)(H,111,140)(H,112,143)(H,132,133)(H,134,135)/t54-,55+,62-,63-,64-,65-,66-,67-,68-,69-,78-,79-,80-/m0/s1. The molecule has 0 unspecified atom stereocenters. The van der Waals surface area contributed by atoms with E-state index in [1.54, 1.807) is 115 Å². The number of carboxylic acid groups (broad SMARTS) is 2. The van der Waals surface area contributed by atoms with E-state index >= 15 is 19.2 Å². The third-order valence-corrected chi connectivity index (χ3v) is 30.5. The van der Waals surface area contributed by atoms with Gasteiger partial charge in [-0.25, -0.2) is 0 Å². The molecule has 3 aromatic heterocycles. The number of rotatable bonds is 24. The zero-order chi connectivity index (χ0) is 109. The zero-order valence-electron chi connectivity index (χ0n) is 86.0. The molecule has 4 saturated heterocycles. The van der Waals surface area contributed by atoms with Crippen LogP contribution in [0.3, 0.4) is 0 Å². The zero-order valence-corrected chi connectivity index (χ0v) is 88.4. The Kier molecular flexibility index (Phi) is 41.6. The first-order chi connectivity index (χ1) is 71.1. The quantitative estimate of drug-likeness (QED) is 0.0257. The van der Waals surface area contributed by atoms with Crippen LogP contribution in [0.25, 0.3) is 21.8 Å². The SMILES string of the molecule is CC(C)[C@@H]1NC(=O)[C@H](Cc2c[nH]c3ccccc23)NC(=O)[C@@H]2CSCC(=O)N3CCN(CC3)c3nc(nc(n3)N3CCN(CC3)C(=O)CSC[C@H](NC(=O)[C@H](C)NC(C)(C)C(=O)CN(C)C(C)(C)C(=O)CCN)C(=O)N[C@@H]([C@@H](C)O)C(=O)N[C@@H](CCC(=O)O)C(=O)N2)N2CCN(CC2)C(=O)CSC[C@@H](C(N)=O)NC(=O)[C@@H]2CCCN2C(=O)[C@H](C(C)C)NC(=O)[C@H](Cc2c[nH]c3ccccc23)NC(=O)CNC(=O)[C@H](CC(=O)O)NC1=O. The molecule has 0 spiro atoms. The van der Waals surface area contributed by atoms with Gasteiger partial charge >= 0.3 is 11.9 Å². The largest absolute Gasteiger partial charge is 0.481 e. The Morgan fingerprint density at radius 3 is 1.45 bits per heavy atom. The Bertz CT molecular complexity index is 5780. The van der Waals surface area contributed by atoms with Gasteiger partial charge in [0.2, 0.25) is 112 Å². The van der Waals surface area contributed by atoms with Crippen molar-refractivity contribution < 1.29 is 111 Å². The molecule has 12 heterocycles. The number of aliphatic hydroxyl groups is 1. The summed E-state index contributed by atoms with van der Waals surface area (Å²) < 4.78 is 0. The number of fused-ring (bicyclic) bond motifs is 30. The molecule has 0 aliphatic carbocycles. The van der Waals surface area contributed by atoms with Crippen LogP contribution < -0.4 is 90.0 Å². The number of aliphatic hydroxyl groups excluding tert-OH is 1. The summed E-state index contributed by atoms with van der Waals surface area (Å²) in [5, 5.41) is 64.4. The summed E-state index contributed by atoms with van der Waals surface area (Å²) in [5.74, 6) is -21.4. The van der Waals surface area contributed by atoms with Gasteiger partial charge in [0, 0.05) is 162 Å². The second-order valence-electron chi connectivity index (χ2n) is 39.8. The minimum Gasteiger partial charge on any atom is -0.481 e. The van der Waals surface area contributed by atoms with E-state index < -0.39 is 257 Å². The average Bonchev–Trinajstić information content (AvgIpc) is 1.17. The van der Waals surface area contributed by atoms with Gasteiger partial charge in [-0.05, 0) is 109 Å². The summed E-state index contributed by atoms with van der Waals surface area (Å²) in [6.45, 7) is 15.7. The van der Waals surface area contributed by atoms with Crippen molar-refractivity contribution in [2.45, 2.75) is 210 Å². The van der Waals surface area contributed by atoms with Crippen LogP contribution in [0.5, 0.6) is 0 Å². The summed E-state index contributed by atoms with van der Waals surface area (Å²) in [7, 11) is 1.58. The molecule has 14 rings (SSSR count). The summed E-state index contributed by atoms with van der Waals surface area (Å²) in [4.78, 5) is 323. The molecule has 16 amide bonds. The predicted octanol–water partition coefficient (Wildman–Crippen LogP) is -5.08. The van der Waals surface area contributed by atoms with Crippen LogP contribution in [-0.4, -0.2) is 419 Å². The molecule has 53 heteroatoms. The van der Waals surface area contributed by atoms with Crippen molar-refractivity contribution in [2.24, 2.45) is 23.3 Å². The summed E-state index contributed by atoms with van der Waals surface area (Å²) in [6.07, 6.45) is -1.56. The predicted molar refractivity (Wildman–Crippen MR) is 556 cm³/mol. The van der Waals surface area contributed by atoms with Crippen molar-refractivity contribution in [1.82, 2.24) is 113 Å². The molecule has 13 atom stereocenters. The minimum absolute atomic E-state index is 0.0386. The van der Waals surface area contributed by atoms with E-state index in [4.69, 9.17) is 26.4 Å². The molecule has 9 aliphatic rings. The Labute approximate surface area is 879 Å². The Morgan fingerprint density at radius 2 is 0.960 bits per heavy atom. The van der Waals surface area contributed by atoms with E-state index in [0.29, 0.717) is 39.4 Å². The number of nitrogens with zero attached hydrogens (tertiary/aromatic N) is 11. The number of benzene rings is 2. The highest BCUT2D eigenvalue weighted by Crippen LogP contribution is 2.29. The number of anilines is 3. The van der Waals surface area contributed by atoms with E-state index in [1.807, 2.05) is 14.7 Å². The molecule has 818 valence electrons. The van der Waals surface area contributed by atoms with Gasteiger partial charge in [-0.1, -0.05) is 64.1 Å². The van der Waals surface area contributed by atoms with Gasteiger partial charge in [-0.2, -0.15) is 15.0 Å². The average molecular weight is 2150 g/mol. The van der Waals surface area contributed by atoms with Gasteiger partial charge in [-0.15, -0.1) is 35.3 Å². The number of aromatic nitrogens is 5. The highest BCUT2D eigenvalue weighted by molar-refractivity contribution is 8.00. The second-order valence-corrected chi connectivity index (χ2v) is 42.9. The van der Waals surface area contributed by atoms with Gasteiger partial charge < -0.3 is 130 Å². The van der Waals surface area contributed by atoms with Crippen LogP contribution in [-0.2, 0) is 109 Å². The van der Waals surface area contributed by atoms with Gasteiger partial charge in [0.05, 0.1) is 60.0 Å². The van der Waals surface area contributed by atoms with E-state index in [-0.39, 0.29) is 164 Å². The molecule has 50 nitrogen and oxygen atoms in total. The number of aliphatic carboxylic acids is 2. The van der Waals surface area contributed by atoms with Crippen molar-refractivity contribution in [3.8, 4) is 0 Å². The first-order valence-corrected chi connectivity index (χ1v) is 53.5. The van der Waals surface area contributed by atoms with E-state index in [9.17, 15) is 92.0 Å². The van der Waals surface area contributed by atoms with Crippen LogP contribution in [0.15, 0.2) is 60.9 Å². The molecule has 4 fully saturated rings. The van der Waals surface area contributed by atoms with Gasteiger partial charge in [0.25, 0.3) is 0 Å². The number of Topliss-reactive ketones (excluding diaryl/α,β-unsaturated/α-hetero) is 2. The van der Waals surface area contributed by atoms with Crippen LogP contribution in [0.2, 0.25) is 0 Å². The fourth-order valence-corrected chi connectivity index (χ4v) is 20.9. The van der Waals surface area contributed by atoms with E-state index in [2.05, 4.69) is 73.8 Å². The van der Waals surface area contributed by atoms with E-state index in [1.165, 1.54) is 39.5 Å². The molecule has 10 bridgehead atoms. The second kappa shape index (κ2) is 53.4. The number of thioether (sulfide) groups is 3. The number of nitrogens with two attached hydrogens (primary N) is 2. The number of primary amides is 1. The molecule has 2 aromatic carbocycles. The first-order valence-electron chi connectivity index (χ1n) is 50.0. The molecule has 9 aliphatic heterocycles. The maximum absolute atomic E-state index is 15.7. The molecule has 0 saturated carbocycles. The molecule has 150 heavy (non-hydrogen) atoms. The smallest absolute Gasteiger partial charge is 0.305 e. The van der Waals surface area contributed by atoms with Crippen molar-refractivity contribution in [3.63, 3.8) is 0 Å². The van der Waals surface area contributed by atoms with Gasteiger partial charge in [-0.3, -0.25) is 106 Å². The molecular weight excluding hydrogens is 2010 g/mol. The maximum Gasteiger partial charge on any atom is 0.305 e. The number of piperazine rings is 3. The number of aromatic amines is 2. The lowest BCUT2D eigenvalue weighted by Gasteiger charge is -2.38. The van der Waals surface area contributed by atoms with Crippen LogP contribution in [0.1, 0.15) is 119 Å². The number of carbonyl (C=O) groups is 20. The summed E-state index contributed by atoms with van der Waals surface area (Å²) in [6, 6.07) is -5.83. The lowest BCUT2D eigenvalue weighted by atomic mass is 9.92. The fourth-order valence-electron chi connectivity index (χ4n) is 18.1. The molecule has 21 N–H and O–H groups in total. The Balaban J connectivity index is 0.942. The van der Waals surface area contributed by atoms with Crippen LogP contribution in [0.4, 0.5) is 17.8 Å². The fraction of sp³-hybridized carbons (Fsp3) is 0.598. The third kappa shape index (κ3) is 31.4. The molecule has 0 radical (unpaired) electrons. The lowest BCUT2D eigenvalue weighted by molar-refractivity contribution is -0.143. The minimum atomic E-state index is -2.05. The first kappa shape index (κ1) is 117. The van der Waals surface area contributed by atoms with Crippen molar-refractivity contribution in [3.05, 3.63) is 72.1 Å². The van der Waals surface area contributed by atoms with Crippen molar-refractivity contribution in [1.29, 1.82) is 0 Å². The van der Waals surface area contributed by atoms with Crippen LogP contribution in [0, 0.1) is 11.8 Å². The summed E-state index contributed by atoms with van der Waals surface area (Å²) in [5.41, 5.74) is 11.2. The lowest BCUT2D eigenvalue weighted by Crippen LogP contribution is -2.63. The normalized spacial score (nSPS) is 23.9.